The number of hydrogen-bond donors (Lipinski definition) is 1. The molecule has 0 saturated carbocycles. The van der Waals surface area contributed by atoms with Gasteiger partial charge in [-0.2, -0.15) is 0 Å². The average molecular weight is 282 g/mol. The van der Waals surface area contributed by atoms with Crippen LogP contribution in [0, 0.1) is 5.41 Å². The Kier molecular flexibility index (Phi) is 6.21. The molecule has 0 aromatic heterocycles. The largest absolute Gasteiger partial charge is 0.396 e. The van der Waals surface area contributed by atoms with E-state index in [1.54, 1.807) is 0 Å². The van der Waals surface area contributed by atoms with Crippen LogP contribution in [0.25, 0.3) is 0 Å². The normalized spacial score (nSPS) is 25.2. The first kappa shape index (κ1) is 17.2. The van der Waals surface area contributed by atoms with Crippen LogP contribution in [-0.2, 0) is 4.79 Å². The van der Waals surface area contributed by atoms with Crippen molar-refractivity contribution in [3.8, 4) is 0 Å². The Balaban J connectivity index is 2.70. The van der Waals surface area contributed by atoms with Crippen molar-refractivity contribution >= 4 is 5.91 Å². The lowest BCUT2D eigenvalue weighted by molar-refractivity contribution is -0.137. The van der Waals surface area contributed by atoms with Crippen molar-refractivity contribution in [1.82, 2.24) is 9.80 Å². The molecular formula is C16H30N2O2. The van der Waals surface area contributed by atoms with Crippen molar-refractivity contribution in [3.63, 3.8) is 0 Å². The number of nitrogens with zero attached hydrogens (tertiary/aromatic N) is 2. The van der Waals surface area contributed by atoms with Crippen LogP contribution >= 0.6 is 0 Å². The predicted molar refractivity (Wildman–Crippen MR) is 82.5 cm³/mol. The zero-order valence-corrected chi connectivity index (χ0v) is 13.5. The summed E-state index contributed by atoms with van der Waals surface area (Å²) in [4.78, 5) is 16.7. The third kappa shape index (κ3) is 4.32. The summed E-state index contributed by atoms with van der Waals surface area (Å²) in [6.07, 6.45) is 2.07. The molecule has 116 valence electrons. The van der Waals surface area contributed by atoms with Gasteiger partial charge in [-0.15, -0.1) is 0 Å². The van der Waals surface area contributed by atoms with E-state index in [1.165, 1.54) is 0 Å². The predicted octanol–water partition coefficient (Wildman–Crippen LogP) is 1.89. The standard InChI is InChI=1S/C16H30N2O2/c1-6-17(10-13(2)3)15(20)14(4)18-9-7-8-16(5,11-18)12-19/h14,19H,2,6-12H2,1,3-5H3. The maximum Gasteiger partial charge on any atom is 0.239 e. The van der Waals surface area contributed by atoms with Crippen LogP contribution in [0.3, 0.4) is 0 Å². The third-order valence-corrected chi connectivity index (χ3v) is 4.25. The first-order valence-electron chi connectivity index (χ1n) is 7.61. The van der Waals surface area contributed by atoms with Crippen LogP contribution in [0.2, 0.25) is 0 Å². The molecule has 0 radical (unpaired) electrons. The van der Waals surface area contributed by atoms with Crippen molar-refractivity contribution in [1.29, 1.82) is 0 Å². The molecule has 0 aliphatic carbocycles. The summed E-state index contributed by atoms with van der Waals surface area (Å²) in [6.45, 7) is 15.2. The second-order valence-electron chi connectivity index (χ2n) is 6.53. The van der Waals surface area contributed by atoms with Gasteiger partial charge in [0, 0.05) is 31.7 Å². The Morgan fingerprint density at radius 2 is 2.20 bits per heavy atom. The number of likely N-dealkylation sites (tertiary alicyclic amines) is 1. The van der Waals surface area contributed by atoms with Crippen LogP contribution in [-0.4, -0.2) is 59.6 Å². The highest BCUT2D eigenvalue weighted by molar-refractivity contribution is 5.81. The van der Waals surface area contributed by atoms with Crippen LogP contribution in [0.15, 0.2) is 12.2 Å². The SMILES string of the molecule is C=C(C)CN(CC)C(=O)C(C)N1CCCC(C)(CO)C1. The second-order valence-corrected chi connectivity index (χ2v) is 6.53. The van der Waals surface area contributed by atoms with Gasteiger partial charge in [-0.3, -0.25) is 9.69 Å². The molecule has 1 fully saturated rings. The number of aliphatic hydroxyl groups is 1. The van der Waals surface area contributed by atoms with Crippen molar-refractivity contribution in [2.75, 3.05) is 32.8 Å². The van der Waals surface area contributed by atoms with Gasteiger partial charge >= 0.3 is 0 Å². The molecule has 1 heterocycles. The quantitative estimate of drug-likeness (QED) is 0.757. The molecule has 2 unspecified atom stereocenters. The van der Waals surface area contributed by atoms with Gasteiger partial charge in [0.15, 0.2) is 0 Å². The van der Waals surface area contributed by atoms with Gasteiger partial charge in [0.1, 0.15) is 0 Å². The van der Waals surface area contributed by atoms with Crippen molar-refractivity contribution in [2.45, 2.75) is 46.6 Å². The van der Waals surface area contributed by atoms with E-state index in [1.807, 2.05) is 25.7 Å². The molecule has 1 rings (SSSR count). The molecule has 1 saturated heterocycles. The van der Waals surface area contributed by atoms with Crippen molar-refractivity contribution < 1.29 is 9.90 Å². The summed E-state index contributed by atoms with van der Waals surface area (Å²) in [5.41, 5.74) is 0.935. The first-order chi connectivity index (χ1) is 9.33. The van der Waals surface area contributed by atoms with Crippen LogP contribution in [0.1, 0.15) is 40.5 Å². The Hall–Kier alpha value is -0.870. The molecule has 0 aromatic rings. The minimum absolute atomic E-state index is 0.0712. The zero-order chi connectivity index (χ0) is 15.3. The van der Waals surface area contributed by atoms with Gasteiger partial charge in [-0.05, 0) is 40.2 Å². The summed E-state index contributed by atoms with van der Waals surface area (Å²) in [7, 11) is 0. The summed E-state index contributed by atoms with van der Waals surface area (Å²) in [5, 5.41) is 9.53. The number of rotatable bonds is 6. The highest BCUT2D eigenvalue weighted by Gasteiger charge is 2.35. The molecular weight excluding hydrogens is 252 g/mol. The Morgan fingerprint density at radius 3 is 2.70 bits per heavy atom. The maximum atomic E-state index is 12.6. The van der Waals surface area contributed by atoms with E-state index in [-0.39, 0.29) is 24.0 Å². The van der Waals surface area contributed by atoms with E-state index in [4.69, 9.17) is 0 Å². The molecule has 1 N–H and O–H groups in total. The zero-order valence-electron chi connectivity index (χ0n) is 13.5. The second kappa shape index (κ2) is 7.23. The van der Waals surface area contributed by atoms with Gasteiger partial charge in [0.2, 0.25) is 5.91 Å². The lowest BCUT2D eigenvalue weighted by Gasteiger charge is -2.42. The molecule has 0 spiro atoms. The van der Waals surface area contributed by atoms with Crippen molar-refractivity contribution in [2.24, 2.45) is 5.41 Å². The number of amides is 1. The number of likely N-dealkylation sites (N-methyl/N-ethyl adjacent to an activating group) is 1. The van der Waals surface area contributed by atoms with Gasteiger partial charge < -0.3 is 10.0 Å². The Labute approximate surface area is 123 Å². The fourth-order valence-corrected chi connectivity index (χ4v) is 2.91. The number of hydrogen-bond acceptors (Lipinski definition) is 3. The minimum Gasteiger partial charge on any atom is -0.396 e. The summed E-state index contributed by atoms with van der Waals surface area (Å²) < 4.78 is 0. The highest BCUT2D eigenvalue weighted by atomic mass is 16.3. The Bertz CT molecular complexity index is 356. The van der Waals surface area contributed by atoms with Crippen LogP contribution in [0.5, 0.6) is 0 Å². The molecule has 0 bridgehead atoms. The molecule has 20 heavy (non-hydrogen) atoms. The van der Waals surface area contributed by atoms with Gasteiger partial charge in [-0.1, -0.05) is 19.1 Å². The lowest BCUT2D eigenvalue weighted by Crippen LogP contribution is -2.53. The van der Waals surface area contributed by atoms with Gasteiger partial charge in [-0.25, -0.2) is 0 Å². The van der Waals surface area contributed by atoms with Crippen LogP contribution < -0.4 is 0 Å². The highest BCUT2D eigenvalue weighted by Crippen LogP contribution is 2.30. The van der Waals surface area contributed by atoms with E-state index in [0.29, 0.717) is 13.1 Å². The molecule has 0 aromatic carbocycles. The molecule has 4 heteroatoms. The van der Waals surface area contributed by atoms with E-state index in [0.717, 1.165) is 31.5 Å². The number of aliphatic hydroxyl groups excluding tert-OH is 1. The van der Waals surface area contributed by atoms with E-state index >= 15 is 0 Å². The molecule has 2 atom stereocenters. The fourth-order valence-electron chi connectivity index (χ4n) is 2.91. The van der Waals surface area contributed by atoms with Gasteiger partial charge in [0.05, 0.1) is 6.04 Å². The molecule has 1 aliphatic rings. The monoisotopic (exact) mass is 282 g/mol. The third-order valence-electron chi connectivity index (χ3n) is 4.25. The summed E-state index contributed by atoms with van der Waals surface area (Å²) in [5.74, 6) is 0.165. The van der Waals surface area contributed by atoms with E-state index in [9.17, 15) is 9.90 Å². The smallest absolute Gasteiger partial charge is 0.239 e. The Morgan fingerprint density at radius 1 is 1.55 bits per heavy atom. The minimum atomic E-state index is -0.125. The van der Waals surface area contributed by atoms with Crippen molar-refractivity contribution in [3.05, 3.63) is 12.2 Å². The fraction of sp³-hybridized carbons (Fsp3) is 0.812. The summed E-state index contributed by atoms with van der Waals surface area (Å²) >= 11 is 0. The maximum absolute atomic E-state index is 12.6. The van der Waals surface area contributed by atoms with Crippen LogP contribution in [0.4, 0.5) is 0 Å². The molecule has 1 aliphatic heterocycles. The van der Waals surface area contributed by atoms with E-state index in [2.05, 4.69) is 18.4 Å². The number of carbonyl (C=O) groups excluding carboxylic acids is 1. The lowest BCUT2D eigenvalue weighted by atomic mass is 9.82. The average Bonchev–Trinajstić information content (AvgIpc) is 2.43. The van der Waals surface area contributed by atoms with E-state index < -0.39 is 0 Å². The topological polar surface area (TPSA) is 43.8 Å². The number of piperidine rings is 1. The number of carbonyl (C=O) groups is 1. The van der Waals surface area contributed by atoms with Gasteiger partial charge in [0.25, 0.3) is 0 Å². The summed E-state index contributed by atoms with van der Waals surface area (Å²) in [6, 6.07) is -0.125. The first-order valence-corrected chi connectivity index (χ1v) is 7.61. The molecule has 1 amide bonds. The molecule has 4 nitrogen and oxygen atoms in total.